The highest BCUT2D eigenvalue weighted by atomic mass is 15.1. The molecular weight excluding hydrogens is 542 g/mol. The summed E-state index contributed by atoms with van der Waals surface area (Å²) in [6.07, 6.45) is 5.38. The van der Waals surface area contributed by atoms with E-state index in [4.69, 9.17) is 16.5 Å². The van der Waals surface area contributed by atoms with Gasteiger partial charge in [-0.1, -0.05) is 54.6 Å². The van der Waals surface area contributed by atoms with Gasteiger partial charge in [0.25, 0.3) is 0 Å². The molecule has 8 aromatic rings. The minimum absolute atomic E-state index is 0.565. The highest BCUT2D eigenvalue weighted by Gasteiger charge is 2.26. The van der Waals surface area contributed by atoms with Crippen molar-refractivity contribution in [2.75, 3.05) is 11.5 Å². The molecule has 5 heterocycles. The molecule has 210 valence electrons. The van der Waals surface area contributed by atoms with E-state index in [1.165, 1.54) is 0 Å². The maximum absolute atomic E-state index is 7.04. The SMILES string of the molecule is Nc1c(-c2c(N)c3ncccc3n2-c2ccc(-c3ccccn3)cc2)n(-c2ccc(-c3ccccn3)cc2)c2ccccc12. The maximum atomic E-state index is 7.04. The topological polar surface area (TPSA) is 101 Å². The van der Waals surface area contributed by atoms with E-state index in [0.29, 0.717) is 11.4 Å². The molecule has 7 heteroatoms. The molecule has 0 saturated heterocycles. The van der Waals surface area contributed by atoms with E-state index in [-0.39, 0.29) is 0 Å². The van der Waals surface area contributed by atoms with Crippen molar-refractivity contribution >= 4 is 33.3 Å². The number of pyridine rings is 3. The van der Waals surface area contributed by atoms with E-state index in [2.05, 4.69) is 79.8 Å². The molecule has 0 unspecified atom stereocenters. The summed E-state index contributed by atoms with van der Waals surface area (Å²) in [5.74, 6) is 0. The van der Waals surface area contributed by atoms with E-state index in [9.17, 15) is 0 Å². The summed E-state index contributed by atoms with van der Waals surface area (Å²) in [6, 6.07) is 40.7. The number of nitrogen functional groups attached to an aromatic ring is 2. The average Bonchev–Trinajstić information content (AvgIpc) is 3.55. The van der Waals surface area contributed by atoms with Crippen molar-refractivity contribution in [2.45, 2.75) is 0 Å². The fourth-order valence-corrected chi connectivity index (χ4v) is 6.04. The summed E-state index contributed by atoms with van der Waals surface area (Å²) < 4.78 is 4.35. The van der Waals surface area contributed by atoms with Gasteiger partial charge in [-0.25, -0.2) is 0 Å². The summed E-state index contributed by atoms with van der Waals surface area (Å²) in [5.41, 5.74) is 25.2. The molecule has 8 rings (SSSR count). The van der Waals surface area contributed by atoms with Crippen LogP contribution in [-0.2, 0) is 0 Å². The monoisotopic (exact) mass is 569 g/mol. The van der Waals surface area contributed by atoms with Crippen molar-refractivity contribution in [1.82, 2.24) is 24.1 Å². The fraction of sp³-hybridized carbons (Fsp3) is 0. The van der Waals surface area contributed by atoms with Gasteiger partial charge >= 0.3 is 0 Å². The van der Waals surface area contributed by atoms with Crippen LogP contribution in [0.3, 0.4) is 0 Å². The number of nitrogens with two attached hydrogens (primary N) is 2. The Balaban J connectivity index is 1.38. The molecule has 0 radical (unpaired) electrons. The van der Waals surface area contributed by atoms with Gasteiger partial charge in [-0.15, -0.1) is 0 Å². The fourth-order valence-electron chi connectivity index (χ4n) is 6.04. The van der Waals surface area contributed by atoms with Gasteiger partial charge in [0.2, 0.25) is 0 Å². The van der Waals surface area contributed by atoms with Gasteiger partial charge < -0.3 is 20.6 Å². The number of nitrogens with zero attached hydrogens (tertiary/aromatic N) is 5. The second-order valence-corrected chi connectivity index (χ2v) is 10.6. The van der Waals surface area contributed by atoms with Crippen LogP contribution < -0.4 is 11.5 Å². The van der Waals surface area contributed by atoms with Crippen LogP contribution >= 0.6 is 0 Å². The number of benzene rings is 3. The third-order valence-electron chi connectivity index (χ3n) is 8.07. The van der Waals surface area contributed by atoms with Crippen molar-refractivity contribution in [3.05, 3.63) is 140 Å². The number of aromatic nitrogens is 5. The lowest BCUT2D eigenvalue weighted by Gasteiger charge is -2.17. The Labute approximate surface area is 253 Å². The van der Waals surface area contributed by atoms with Crippen LogP contribution in [0.2, 0.25) is 0 Å². The molecule has 44 heavy (non-hydrogen) atoms. The number of hydrogen-bond acceptors (Lipinski definition) is 5. The quantitative estimate of drug-likeness (QED) is 0.219. The van der Waals surface area contributed by atoms with Gasteiger partial charge in [0, 0.05) is 46.5 Å². The highest BCUT2D eigenvalue weighted by Crippen LogP contribution is 2.45. The van der Waals surface area contributed by atoms with Crippen LogP contribution in [0.5, 0.6) is 0 Å². The highest BCUT2D eigenvalue weighted by molar-refractivity contribution is 6.08. The van der Waals surface area contributed by atoms with Gasteiger partial charge in [-0.05, 0) is 66.7 Å². The first-order valence-corrected chi connectivity index (χ1v) is 14.4. The van der Waals surface area contributed by atoms with Crippen molar-refractivity contribution in [3.8, 4) is 45.3 Å². The van der Waals surface area contributed by atoms with Gasteiger partial charge in [0.1, 0.15) is 5.52 Å². The van der Waals surface area contributed by atoms with Gasteiger partial charge in [-0.2, -0.15) is 0 Å². The largest absolute Gasteiger partial charge is 0.396 e. The molecule has 0 aliphatic rings. The average molecular weight is 570 g/mol. The maximum Gasteiger partial charge on any atom is 0.112 e. The van der Waals surface area contributed by atoms with E-state index >= 15 is 0 Å². The zero-order chi connectivity index (χ0) is 29.6. The standard InChI is InChI=1S/C37H27N7/c38-33-28-8-1-2-11-31(28)43(26-17-13-24(14-18-26)29-9-3-5-21-40-29)36(33)37-34(39)35-32(12-7-23-42-35)44(37)27-19-15-25(16-20-27)30-10-4-6-22-41-30/h1-23H,38-39H2. The lowest BCUT2D eigenvalue weighted by atomic mass is 10.1. The zero-order valence-corrected chi connectivity index (χ0v) is 23.7. The van der Waals surface area contributed by atoms with Gasteiger partial charge in [0.05, 0.1) is 45.2 Å². The molecule has 4 N–H and O–H groups in total. The molecule has 0 saturated carbocycles. The molecule has 0 aliphatic heterocycles. The number of hydrogen-bond donors (Lipinski definition) is 2. The van der Waals surface area contributed by atoms with Crippen LogP contribution in [0.25, 0.3) is 67.2 Å². The van der Waals surface area contributed by atoms with E-state index in [0.717, 1.165) is 67.2 Å². The molecule has 0 atom stereocenters. The van der Waals surface area contributed by atoms with E-state index in [1.807, 2.05) is 60.7 Å². The first-order valence-electron chi connectivity index (χ1n) is 14.4. The molecule has 0 spiro atoms. The predicted octanol–water partition coefficient (Wildman–Crippen LogP) is 7.92. The third kappa shape index (κ3) is 4.02. The number of fused-ring (bicyclic) bond motifs is 2. The van der Waals surface area contributed by atoms with Crippen LogP contribution in [-0.4, -0.2) is 24.1 Å². The predicted molar refractivity (Wildman–Crippen MR) is 179 cm³/mol. The molecule has 3 aromatic carbocycles. The minimum atomic E-state index is 0.565. The Morgan fingerprint density at radius 1 is 0.432 bits per heavy atom. The normalized spacial score (nSPS) is 11.4. The Morgan fingerprint density at radius 2 is 0.932 bits per heavy atom. The lowest BCUT2D eigenvalue weighted by molar-refractivity contribution is 1.07. The van der Waals surface area contributed by atoms with Gasteiger partial charge in [0.15, 0.2) is 0 Å². The number of rotatable bonds is 5. The Hall–Kier alpha value is -6.21. The summed E-state index contributed by atoms with van der Waals surface area (Å²) in [5, 5.41) is 0.950. The second-order valence-electron chi connectivity index (χ2n) is 10.6. The molecule has 0 amide bonds. The molecule has 0 aliphatic carbocycles. The van der Waals surface area contributed by atoms with Crippen molar-refractivity contribution in [1.29, 1.82) is 0 Å². The summed E-state index contributed by atoms with van der Waals surface area (Å²) >= 11 is 0. The minimum Gasteiger partial charge on any atom is -0.396 e. The Morgan fingerprint density at radius 3 is 1.52 bits per heavy atom. The van der Waals surface area contributed by atoms with E-state index < -0.39 is 0 Å². The molecule has 0 fully saturated rings. The van der Waals surface area contributed by atoms with Crippen LogP contribution in [0.15, 0.2) is 140 Å². The summed E-state index contributed by atoms with van der Waals surface area (Å²) in [4.78, 5) is 13.7. The second kappa shape index (κ2) is 10.3. The smallest absolute Gasteiger partial charge is 0.112 e. The Bertz CT molecular complexity index is 2100. The zero-order valence-electron chi connectivity index (χ0n) is 23.7. The molecular formula is C37H27N7. The Kier molecular flexibility index (Phi) is 5.94. The number of para-hydroxylation sites is 1. The van der Waals surface area contributed by atoms with E-state index in [1.54, 1.807) is 18.6 Å². The van der Waals surface area contributed by atoms with Gasteiger partial charge in [-0.3, -0.25) is 15.0 Å². The van der Waals surface area contributed by atoms with Crippen molar-refractivity contribution in [2.24, 2.45) is 0 Å². The first-order chi connectivity index (χ1) is 21.7. The third-order valence-corrected chi connectivity index (χ3v) is 8.07. The van der Waals surface area contributed by atoms with Crippen molar-refractivity contribution in [3.63, 3.8) is 0 Å². The van der Waals surface area contributed by atoms with Crippen LogP contribution in [0.1, 0.15) is 0 Å². The molecule has 0 bridgehead atoms. The van der Waals surface area contributed by atoms with Crippen LogP contribution in [0, 0.1) is 0 Å². The van der Waals surface area contributed by atoms with Crippen molar-refractivity contribution < 1.29 is 0 Å². The first kappa shape index (κ1) is 25.5. The van der Waals surface area contributed by atoms with Crippen LogP contribution in [0.4, 0.5) is 11.4 Å². The number of anilines is 2. The molecule has 5 aromatic heterocycles. The lowest BCUT2D eigenvalue weighted by Crippen LogP contribution is -2.05. The summed E-state index contributed by atoms with van der Waals surface area (Å²) in [6.45, 7) is 0. The molecule has 7 nitrogen and oxygen atoms in total. The summed E-state index contributed by atoms with van der Waals surface area (Å²) in [7, 11) is 0.